The Kier molecular flexibility index (Phi) is 5.44. The molecule has 10 heteroatoms. The van der Waals surface area contributed by atoms with E-state index in [4.69, 9.17) is 4.74 Å². The molecule has 179 valence electrons. The van der Waals surface area contributed by atoms with Crippen molar-refractivity contribution in [3.8, 4) is 17.0 Å². The summed E-state index contributed by atoms with van der Waals surface area (Å²) in [5, 5.41) is 5.54. The maximum Gasteiger partial charge on any atom is 0.254 e. The first kappa shape index (κ1) is 21.7. The number of carbonyl (C=O) groups excluding carboxylic acids is 1. The number of ether oxygens (including phenoxy) is 1. The van der Waals surface area contributed by atoms with Crippen LogP contribution in [0.4, 0.5) is 4.39 Å². The van der Waals surface area contributed by atoms with Gasteiger partial charge in [0.1, 0.15) is 29.6 Å². The van der Waals surface area contributed by atoms with E-state index in [1.165, 1.54) is 25.3 Å². The molecule has 2 aliphatic rings. The monoisotopic (exact) mass is 474 g/mol. The second-order valence-electron chi connectivity index (χ2n) is 9.01. The maximum absolute atomic E-state index is 13.8. The molecular weight excluding hydrogens is 449 g/mol. The molecule has 9 nitrogen and oxygen atoms in total. The zero-order valence-electron chi connectivity index (χ0n) is 19.3. The molecule has 4 aromatic rings. The zero-order chi connectivity index (χ0) is 23.9. The molecule has 5 heterocycles. The quantitative estimate of drug-likeness (QED) is 0.478. The Morgan fingerprint density at radius 2 is 2.00 bits per heavy atom. The van der Waals surface area contributed by atoms with Gasteiger partial charge >= 0.3 is 0 Å². The summed E-state index contributed by atoms with van der Waals surface area (Å²) in [4.78, 5) is 28.9. The van der Waals surface area contributed by atoms with Crippen LogP contribution >= 0.6 is 0 Å². The van der Waals surface area contributed by atoms with Crippen molar-refractivity contribution >= 4 is 16.9 Å². The summed E-state index contributed by atoms with van der Waals surface area (Å²) in [5.41, 5.74) is 2.97. The number of halogens is 1. The van der Waals surface area contributed by atoms with E-state index in [1.807, 2.05) is 29.3 Å². The van der Waals surface area contributed by atoms with Crippen LogP contribution in [0.25, 0.3) is 22.3 Å². The molecule has 2 saturated heterocycles. The number of nitrogens with one attached hydrogen (secondary N) is 1. The summed E-state index contributed by atoms with van der Waals surface area (Å²) in [6.07, 6.45) is 9.07. The van der Waals surface area contributed by atoms with Crippen LogP contribution in [0.2, 0.25) is 0 Å². The fraction of sp³-hybridized carbons (Fsp3) is 0.320. The summed E-state index contributed by atoms with van der Waals surface area (Å²) >= 11 is 0. The lowest BCUT2D eigenvalue weighted by molar-refractivity contribution is 0.0514. The third kappa shape index (κ3) is 4.03. The van der Waals surface area contributed by atoms with Crippen LogP contribution in [0, 0.1) is 11.9 Å². The largest absolute Gasteiger partial charge is 0.497 e. The van der Waals surface area contributed by atoms with Crippen molar-refractivity contribution < 1.29 is 13.9 Å². The van der Waals surface area contributed by atoms with E-state index in [1.54, 1.807) is 17.3 Å². The normalized spacial score (nSPS) is 17.6. The molecular formula is C25H25FN7O2. The number of H-pyrrole nitrogens is 1. The maximum atomic E-state index is 13.8. The van der Waals surface area contributed by atoms with Gasteiger partial charge in [0.25, 0.3) is 5.91 Å². The number of piperidine rings is 1. The van der Waals surface area contributed by atoms with E-state index in [2.05, 4.69) is 25.0 Å². The van der Waals surface area contributed by atoms with Crippen LogP contribution in [0.1, 0.15) is 23.2 Å². The van der Waals surface area contributed by atoms with Gasteiger partial charge in [0.15, 0.2) is 0 Å². The lowest BCUT2D eigenvalue weighted by atomic mass is 9.97. The number of carbonyl (C=O) groups is 1. The molecule has 1 aromatic carbocycles. The summed E-state index contributed by atoms with van der Waals surface area (Å²) in [5.74, 6) is -0.265. The molecule has 1 radical (unpaired) electrons. The van der Waals surface area contributed by atoms with Crippen molar-refractivity contribution in [3.63, 3.8) is 0 Å². The molecule has 0 unspecified atom stereocenters. The van der Waals surface area contributed by atoms with Gasteiger partial charge in [0.05, 0.1) is 19.0 Å². The number of methoxy groups -OCH3 is 1. The number of benzene rings is 1. The van der Waals surface area contributed by atoms with E-state index in [0.29, 0.717) is 30.4 Å². The van der Waals surface area contributed by atoms with Crippen molar-refractivity contribution in [2.75, 3.05) is 33.3 Å². The van der Waals surface area contributed by atoms with E-state index < -0.39 is 5.82 Å². The number of aromatic nitrogens is 5. The molecule has 2 fully saturated rings. The predicted molar refractivity (Wildman–Crippen MR) is 127 cm³/mol. The molecule has 0 atom stereocenters. The highest BCUT2D eigenvalue weighted by atomic mass is 19.1. The third-order valence-electron chi connectivity index (χ3n) is 6.93. The Morgan fingerprint density at radius 3 is 2.80 bits per heavy atom. The van der Waals surface area contributed by atoms with Gasteiger partial charge in [-0.25, -0.2) is 14.4 Å². The standard InChI is InChI=1S/C25H25FN7O2/c1-35-21-9-16(8-18(26)10-21)25(34)31-6-3-19(4-7-31)32-13-20(14-32)33-12-17(11-30-33)23-22-2-5-27-24(22)29-15-28-23/h2,5,8-12,15,19H,3-4,6-7,13-14H2,1H3,(H,27,28,29). The SMILES string of the molecule is COc1cc(F)cc(C(=O)N2CCC(N3C[C](n4cc(-c5ncnc6[nH]ccc56)cn4)C3)CC2)c1. The molecule has 0 aliphatic carbocycles. The first-order valence-corrected chi connectivity index (χ1v) is 11.6. The third-order valence-corrected chi connectivity index (χ3v) is 6.93. The second kappa shape index (κ2) is 8.77. The van der Waals surface area contributed by atoms with Crippen LogP contribution in [0.5, 0.6) is 5.75 Å². The van der Waals surface area contributed by atoms with Gasteiger partial charge in [-0.15, -0.1) is 0 Å². The van der Waals surface area contributed by atoms with E-state index in [-0.39, 0.29) is 5.91 Å². The number of rotatable bonds is 5. The highest BCUT2D eigenvalue weighted by Crippen LogP contribution is 2.30. The minimum absolute atomic E-state index is 0.151. The van der Waals surface area contributed by atoms with Crippen molar-refractivity contribution in [1.82, 2.24) is 34.5 Å². The Hall–Kier alpha value is -3.79. The van der Waals surface area contributed by atoms with Gasteiger partial charge in [-0.05, 0) is 31.0 Å². The number of hydrogen-bond donors (Lipinski definition) is 1. The van der Waals surface area contributed by atoms with E-state index in [0.717, 1.165) is 48.2 Å². The minimum Gasteiger partial charge on any atom is -0.497 e. The zero-order valence-corrected chi connectivity index (χ0v) is 19.3. The summed E-state index contributed by atoms with van der Waals surface area (Å²) in [7, 11) is 1.47. The molecule has 1 amide bonds. The Morgan fingerprint density at radius 1 is 1.17 bits per heavy atom. The lowest BCUT2D eigenvalue weighted by Gasteiger charge is -2.46. The first-order chi connectivity index (χ1) is 17.1. The van der Waals surface area contributed by atoms with Crippen LogP contribution in [0.15, 0.2) is 49.2 Å². The summed E-state index contributed by atoms with van der Waals surface area (Å²) in [6.45, 7) is 3.01. The van der Waals surface area contributed by atoms with Crippen LogP contribution < -0.4 is 4.74 Å². The summed E-state index contributed by atoms with van der Waals surface area (Å²) < 4.78 is 20.9. The van der Waals surface area contributed by atoms with Crippen molar-refractivity contribution in [2.24, 2.45) is 0 Å². The smallest absolute Gasteiger partial charge is 0.254 e. The van der Waals surface area contributed by atoms with Gasteiger partial charge in [0, 0.05) is 67.2 Å². The average Bonchev–Trinajstić information content (AvgIpc) is 3.52. The fourth-order valence-electron chi connectivity index (χ4n) is 4.97. The average molecular weight is 475 g/mol. The Balaban J connectivity index is 1.05. The molecule has 3 aromatic heterocycles. The molecule has 2 aliphatic heterocycles. The van der Waals surface area contributed by atoms with Crippen LogP contribution in [-0.2, 0) is 0 Å². The van der Waals surface area contributed by atoms with Crippen molar-refractivity contribution in [1.29, 1.82) is 0 Å². The Labute approximate surface area is 201 Å². The molecule has 1 N–H and O–H groups in total. The Bertz CT molecular complexity index is 1370. The molecule has 0 spiro atoms. The highest BCUT2D eigenvalue weighted by molar-refractivity contribution is 5.94. The number of fused-ring (bicyclic) bond motifs is 1. The molecule has 35 heavy (non-hydrogen) atoms. The summed E-state index contributed by atoms with van der Waals surface area (Å²) in [6, 6.07) is 7.77. The van der Waals surface area contributed by atoms with Gasteiger partial charge in [-0.2, -0.15) is 5.10 Å². The number of nitrogens with zero attached hydrogens (tertiary/aromatic N) is 6. The van der Waals surface area contributed by atoms with Crippen molar-refractivity contribution in [3.05, 3.63) is 66.6 Å². The van der Waals surface area contributed by atoms with E-state index in [9.17, 15) is 9.18 Å². The van der Waals surface area contributed by atoms with Crippen LogP contribution in [0.3, 0.4) is 0 Å². The van der Waals surface area contributed by atoms with Gasteiger partial charge in [-0.3, -0.25) is 14.4 Å². The van der Waals surface area contributed by atoms with Crippen molar-refractivity contribution in [2.45, 2.75) is 18.9 Å². The molecule has 0 bridgehead atoms. The lowest BCUT2D eigenvalue weighted by Crippen LogP contribution is -2.56. The first-order valence-electron chi connectivity index (χ1n) is 11.6. The second-order valence-corrected chi connectivity index (χ2v) is 9.01. The van der Waals surface area contributed by atoms with E-state index >= 15 is 0 Å². The highest BCUT2D eigenvalue weighted by Gasteiger charge is 2.37. The number of likely N-dealkylation sites (tertiary alicyclic amines) is 2. The topological polar surface area (TPSA) is 92.2 Å². The number of amides is 1. The number of hydrogen-bond acceptors (Lipinski definition) is 6. The van der Waals surface area contributed by atoms with Crippen LogP contribution in [-0.4, -0.2) is 79.8 Å². The number of aromatic amines is 1. The fourth-order valence-corrected chi connectivity index (χ4v) is 4.97. The minimum atomic E-state index is -0.467. The van der Waals surface area contributed by atoms with Gasteiger partial charge < -0.3 is 14.6 Å². The molecule has 0 saturated carbocycles. The van der Waals surface area contributed by atoms with Gasteiger partial charge in [-0.1, -0.05) is 0 Å². The van der Waals surface area contributed by atoms with Gasteiger partial charge in [0.2, 0.25) is 0 Å². The molecule has 6 rings (SSSR count). The predicted octanol–water partition coefficient (Wildman–Crippen LogP) is 2.97.